The number of nitrogens with two attached hydrogens (primary N) is 1. The van der Waals surface area contributed by atoms with Crippen molar-refractivity contribution in [2.24, 2.45) is 0 Å². The van der Waals surface area contributed by atoms with Gasteiger partial charge in [-0.3, -0.25) is 5.10 Å². The maximum atomic E-state index is 6.01. The Morgan fingerprint density at radius 2 is 2.10 bits per heavy atom. The van der Waals surface area contributed by atoms with Gasteiger partial charge in [0.1, 0.15) is 11.6 Å². The number of nitrogens with zero attached hydrogens (tertiary/aromatic N) is 3. The molecule has 0 radical (unpaired) electrons. The van der Waals surface area contributed by atoms with Crippen molar-refractivity contribution in [3.8, 4) is 11.4 Å². The van der Waals surface area contributed by atoms with E-state index in [1.54, 1.807) is 0 Å². The number of fused-ring (bicyclic) bond motifs is 1. The molecule has 0 spiro atoms. The number of hydrogen-bond donors (Lipinski definition) is 2. The summed E-state index contributed by atoms with van der Waals surface area (Å²) in [7, 11) is 0. The van der Waals surface area contributed by atoms with Crippen LogP contribution in [0, 0.1) is 0 Å². The molecule has 3 aromatic rings. The van der Waals surface area contributed by atoms with Crippen molar-refractivity contribution in [3.63, 3.8) is 0 Å². The first-order valence-electron chi connectivity index (χ1n) is 7.23. The highest BCUT2D eigenvalue weighted by atomic mass is 16.5. The lowest BCUT2D eigenvalue weighted by Crippen LogP contribution is -1.99. The normalized spacial score (nSPS) is 14.7. The molecule has 6 heteroatoms. The Morgan fingerprint density at radius 3 is 2.76 bits per heavy atom. The van der Waals surface area contributed by atoms with E-state index < -0.39 is 0 Å². The van der Waals surface area contributed by atoms with Gasteiger partial charge >= 0.3 is 0 Å². The second-order valence-corrected chi connectivity index (χ2v) is 5.33. The third-order valence-electron chi connectivity index (χ3n) is 3.80. The zero-order chi connectivity index (χ0) is 14.4. The van der Waals surface area contributed by atoms with Gasteiger partial charge in [-0.15, -0.1) is 0 Å². The van der Waals surface area contributed by atoms with Gasteiger partial charge in [0.2, 0.25) is 0 Å². The fraction of sp³-hybridized carbons (Fsp3) is 0.333. The van der Waals surface area contributed by atoms with Crippen LogP contribution in [-0.4, -0.2) is 26.6 Å². The van der Waals surface area contributed by atoms with E-state index in [0.29, 0.717) is 18.3 Å². The Labute approximate surface area is 121 Å². The van der Waals surface area contributed by atoms with E-state index in [-0.39, 0.29) is 0 Å². The van der Waals surface area contributed by atoms with Crippen LogP contribution in [0.15, 0.2) is 24.3 Å². The quantitative estimate of drug-likeness (QED) is 0.771. The average molecular weight is 283 g/mol. The van der Waals surface area contributed by atoms with E-state index >= 15 is 0 Å². The molecule has 1 aliphatic rings. The molecular weight excluding hydrogens is 266 g/mol. The largest absolute Gasteiger partial charge is 0.494 e. The topological polar surface area (TPSA) is 81.8 Å². The first-order valence-corrected chi connectivity index (χ1v) is 7.23. The van der Waals surface area contributed by atoms with Crippen molar-refractivity contribution in [3.05, 3.63) is 30.0 Å². The predicted octanol–water partition coefficient (Wildman–Crippen LogP) is 2.61. The molecule has 0 atom stereocenters. The molecule has 3 N–H and O–H groups in total. The highest BCUT2D eigenvalue weighted by Gasteiger charge is 2.31. The summed E-state index contributed by atoms with van der Waals surface area (Å²) in [5.41, 5.74) is 8.82. The second-order valence-electron chi connectivity index (χ2n) is 5.33. The van der Waals surface area contributed by atoms with Crippen LogP contribution in [-0.2, 0) is 0 Å². The van der Waals surface area contributed by atoms with Crippen molar-refractivity contribution >= 4 is 16.9 Å². The van der Waals surface area contributed by atoms with Crippen LogP contribution in [0.1, 0.15) is 31.4 Å². The van der Waals surface area contributed by atoms with Gasteiger partial charge in [0.15, 0.2) is 5.65 Å². The van der Waals surface area contributed by atoms with Crippen molar-refractivity contribution < 1.29 is 4.74 Å². The first-order chi connectivity index (χ1) is 10.3. The standard InChI is InChI=1S/C15H17N5O/c1-2-21-11-7-5-10(6-8-11)20-15-12(14(16)17-18-15)13(19-20)9-3-4-9/h5-9H,2-4H2,1H3,(H3,16,17,18). The van der Waals surface area contributed by atoms with E-state index in [0.717, 1.165) is 28.2 Å². The molecule has 2 heterocycles. The minimum atomic E-state index is 0.524. The molecule has 0 saturated heterocycles. The molecule has 4 rings (SSSR count). The van der Waals surface area contributed by atoms with Gasteiger partial charge in [-0.1, -0.05) is 0 Å². The van der Waals surface area contributed by atoms with Crippen molar-refractivity contribution in [1.29, 1.82) is 0 Å². The first kappa shape index (κ1) is 12.3. The van der Waals surface area contributed by atoms with Crippen LogP contribution in [0.5, 0.6) is 5.75 Å². The minimum Gasteiger partial charge on any atom is -0.494 e. The third-order valence-corrected chi connectivity index (χ3v) is 3.80. The van der Waals surface area contributed by atoms with E-state index in [1.807, 2.05) is 35.9 Å². The molecule has 0 unspecified atom stereocenters. The second kappa shape index (κ2) is 4.51. The minimum absolute atomic E-state index is 0.524. The molecular formula is C15H17N5O. The lowest BCUT2D eigenvalue weighted by molar-refractivity contribution is 0.340. The number of nitrogen functional groups attached to an aromatic ring is 1. The smallest absolute Gasteiger partial charge is 0.186 e. The highest BCUT2D eigenvalue weighted by molar-refractivity contribution is 5.90. The molecule has 1 saturated carbocycles. The van der Waals surface area contributed by atoms with Gasteiger partial charge in [-0.05, 0) is 44.0 Å². The van der Waals surface area contributed by atoms with Crippen molar-refractivity contribution in [1.82, 2.24) is 20.0 Å². The van der Waals surface area contributed by atoms with E-state index in [1.165, 1.54) is 12.8 Å². The Bertz CT molecular complexity index is 782. The Hall–Kier alpha value is -2.50. The van der Waals surface area contributed by atoms with Crippen LogP contribution < -0.4 is 10.5 Å². The maximum Gasteiger partial charge on any atom is 0.186 e. The van der Waals surface area contributed by atoms with Crippen LogP contribution in [0.3, 0.4) is 0 Å². The van der Waals surface area contributed by atoms with Crippen LogP contribution in [0.25, 0.3) is 16.7 Å². The average Bonchev–Trinajstić information content (AvgIpc) is 3.17. The van der Waals surface area contributed by atoms with Crippen LogP contribution in [0.2, 0.25) is 0 Å². The summed E-state index contributed by atoms with van der Waals surface area (Å²) >= 11 is 0. The van der Waals surface area contributed by atoms with Crippen LogP contribution in [0.4, 0.5) is 5.82 Å². The predicted molar refractivity (Wildman–Crippen MR) is 80.8 cm³/mol. The third kappa shape index (κ3) is 1.94. The summed E-state index contributed by atoms with van der Waals surface area (Å²) in [5, 5.41) is 12.9. The number of benzene rings is 1. The van der Waals surface area contributed by atoms with Crippen molar-refractivity contribution in [2.75, 3.05) is 12.3 Å². The van der Waals surface area contributed by atoms with Crippen LogP contribution >= 0.6 is 0 Å². The van der Waals surface area contributed by atoms with Crippen molar-refractivity contribution in [2.45, 2.75) is 25.7 Å². The van der Waals surface area contributed by atoms with Gasteiger partial charge < -0.3 is 10.5 Å². The summed E-state index contributed by atoms with van der Waals surface area (Å²) in [6, 6.07) is 7.86. The summed E-state index contributed by atoms with van der Waals surface area (Å²) < 4.78 is 7.32. The molecule has 0 bridgehead atoms. The number of aromatic amines is 1. The molecule has 0 amide bonds. The molecule has 0 aliphatic heterocycles. The number of rotatable bonds is 4. The molecule has 1 aromatic carbocycles. The molecule has 2 aromatic heterocycles. The number of anilines is 1. The Morgan fingerprint density at radius 1 is 1.33 bits per heavy atom. The van der Waals surface area contributed by atoms with Gasteiger partial charge in [-0.25, -0.2) is 4.68 Å². The van der Waals surface area contributed by atoms with E-state index in [4.69, 9.17) is 15.6 Å². The fourth-order valence-electron chi connectivity index (χ4n) is 2.63. The molecule has 21 heavy (non-hydrogen) atoms. The molecule has 1 aliphatic carbocycles. The summed E-state index contributed by atoms with van der Waals surface area (Å²) in [5.74, 6) is 1.98. The van der Waals surface area contributed by atoms with Gasteiger partial charge in [0.05, 0.1) is 23.4 Å². The maximum absolute atomic E-state index is 6.01. The zero-order valence-electron chi connectivity index (χ0n) is 11.8. The molecule has 6 nitrogen and oxygen atoms in total. The van der Waals surface area contributed by atoms with Gasteiger partial charge in [-0.2, -0.15) is 10.2 Å². The number of aromatic nitrogens is 4. The summed E-state index contributed by atoms with van der Waals surface area (Å²) in [4.78, 5) is 0. The monoisotopic (exact) mass is 283 g/mol. The molecule has 1 fully saturated rings. The van der Waals surface area contributed by atoms with E-state index in [9.17, 15) is 0 Å². The highest BCUT2D eigenvalue weighted by Crippen LogP contribution is 2.43. The number of H-pyrrole nitrogens is 1. The Balaban J connectivity index is 1.82. The fourth-order valence-corrected chi connectivity index (χ4v) is 2.63. The van der Waals surface area contributed by atoms with Gasteiger partial charge in [0.25, 0.3) is 0 Å². The SMILES string of the molecule is CCOc1ccc(-n2nc(C3CC3)c3c(N)[nH]nc32)cc1. The number of hydrogen-bond acceptors (Lipinski definition) is 4. The van der Waals surface area contributed by atoms with Gasteiger partial charge in [0, 0.05) is 5.92 Å². The van der Waals surface area contributed by atoms with E-state index in [2.05, 4.69) is 10.2 Å². The number of nitrogens with one attached hydrogen (secondary N) is 1. The lowest BCUT2D eigenvalue weighted by Gasteiger charge is -2.05. The lowest BCUT2D eigenvalue weighted by atomic mass is 10.2. The molecule has 108 valence electrons. The summed E-state index contributed by atoms with van der Waals surface area (Å²) in [6.45, 7) is 2.63. The number of ether oxygens (including phenoxy) is 1. The Kier molecular flexibility index (Phi) is 2.63. The summed E-state index contributed by atoms with van der Waals surface area (Å²) in [6.07, 6.45) is 2.36. The zero-order valence-corrected chi connectivity index (χ0v) is 11.8.